The maximum absolute atomic E-state index is 6.44. The summed E-state index contributed by atoms with van der Waals surface area (Å²) in [4.78, 5) is 7.71. The minimum Gasteiger partial charge on any atom is -0.497 e. The lowest BCUT2D eigenvalue weighted by molar-refractivity contribution is 0.121. The molecule has 5 heteroatoms. The molecule has 0 amide bonds. The summed E-state index contributed by atoms with van der Waals surface area (Å²) in [6, 6.07) is 16.2. The molecule has 2 unspecified atom stereocenters. The van der Waals surface area contributed by atoms with Gasteiger partial charge in [0.1, 0.15) is 23.7 Å². The van der Waals surface area contributed by atoms with Crippen molar-refractivity contribution in [2.45, 2.75) is 12.0 Å². The molecule has 1 saturated carbocycles. The van der Waals surface area contributed by atoms with Gasteiger partial charge in [-0.15, -0.1) is 0 Å². The van der Waals surface area contributed by atoms with E-state index in [9.17, 15) is 0 Å². The van der Waals surface area contributed by atoms with Crippen LogP contribution >= 0.6 is 0 Å². The molecule has 26 heavy (non-hydrogen) atoms. The van der Waals surface area contributed by atoms with Gasteiger partial charge in [0.2, 0.25) is 0 Å². The van der Waals surface area contributed by atoms with Gasteiger partial charge in [-0.1, -0.05) is 29.4 Å². The van der Waals surface area contributed by atoms with Crippen molar-refractivity contribution in [1.29, 1.82) is 0 Å². The number of fused-ring (bicyclic) bond motifs is 2. The fourth-order valence-corrected chi connectivity index (χ4v) is 3.53. The first-order valence-corrected chi connectivity index (χ1v) is 8.91. The standard InChI is InChI=1S/C21H24N2O3/c1-23(2)12-13-25-22-20-17-6-4-5-7-19(17)26-21(14-18(20)21)15-8-10-16(24-3)11-9-15/h4-11,18H,12-14H2,1-3H3. The van der Waals surface area contributed by atoms with Gasteiger partial charge in [0.15, 0.2) is 0 Å². The Labute approximate surface area is 154 Å². The van der Waals surface area contributed by atoms with Crippen LogP contribution in [0, 0.1) is 5.92 Å². The van der Waals surface area contributed by atoms with E-state index in [1.165, 1.54) is 0 Å². The highest BCUT2D eigenvalue weighted by atomic mass is 16.6. The third-order valence-electron chi connectivity index (χ3n) is 5.07. The van der Waals surface area contributed by atoms with Crippen LogP contribution in [-0.4, -0.2) is 45.0 Å². The number of oxime groups is 1. The van der Waals surface area contributed by atoms with E-state index in [-0.39, 0.29) is 11.5 Å². The molecule has 0 radical (unpaired) electrons. The first-order chi connectivity index (χ1) is 12.6. The van der Waals surface area contributed by atoms with Gasteiger partial charge in [0, 0.05) is 18.5 Å². The third-order valence-corrected chi connectivity index (χ3v) is 5.07. The fourth-order valence-electron chi connectivity index (χ4n) is 3.53. The average molecular weight is 352 g/mol. The van der Waals surface area contributed by atoms with Gasteiger partial charge in [0.05, 0.1) is 18.7 Å². The van der Waals surface area contributed by atoms with Crippen LogP contribution < -0.4 is 9.47 Å². The summed E-state index contributed by atoms with van der Waals surface area (Å²) in [7, 11) is 5.72. The van der Waals surface area contributed by atoms with Crippen molar-refractivity contribution in [3.63, 3.8) is 0 Å². The number of hydrogen-bond donors (Lipinski definition) is 0. The topological polar surface area (TPSA) is 43.3 Å². The van der Waals surface area contributed by atoms with Gasteiger partial charge in [0.25, 0.3) is 0 Å². The highest BCUT2D eigenvalue weighted by Crippen LogP contribution is 2.60. The second-order valence-electron chi connectivity index (χ2n) is 7.09. The van der Waals surface area contributed by atoms with E-state index in [2.05, 4.69) is 28.3 Å². The van der Waals surface area contributed by atoms with Gasteiger partial charge < -0.3 is 19.2 Å². The first kappa shape index (κ1) is 16.9. The zero-order chi connectivity index (χ0) is 18.1. The number of rotatable bonds is 6. The molecule has 1 heterocycles. The van der Waals surface area contributed by atoms with Gasteiger partial charge >= 0.3 is 0 Å². The monoisotopic (exact) mass is 352 g/mol. The van der Waals surface area contributed by atoms with Crippen molar-refractivity contribution in [2.75, 3.05) is 34.4 Å². The molecule has 2 atom stereocenters. The molecule has 0 saturated heterocycles. The number of hydrogen-bond acceptors (Lipinski definition) is 5. The van der Waals surface area contributed by atoms with Crippen molar-refractivity contribution in [3.05, 3.63) is 59.7 Å². The fraction of sp³-hybridized carbons (Fsp3) is 0.381. The Morgan fingerprint density at radius 2 is 1.92 bits per heavy atom. The summed E-state index contributed by atoms with van der Waals surface area (Å²) >= 11 is 0. The second-order valence-corrected chi connectivity index (χ2v) is 7.09. The van der Waals surface area contributed by atoms with E-state index in [1.807, 2.05) is 44.4 Å². The van der Waals surface area contributed by atoms with Crippen LogP contribution in [0.4, 0.5) is 0 Å². The third kappa shape index (κ3) is 2.92. The molecule has 1 fully saturated rings. The summed E-state index contributed by atoms with van der Waals surface area (Å²) in [5, 5.41) is 4.51. The molecule has 2 aliphatic rings. The summed E-state index contributed by atoms with van der Waals surface area (Å²) < 4.78 is 11.7. The van der Waals surface area contributed by atoms with Crippen molar-refractivity contribution in [2.24, 2.45) is 11.1 Å². The maximum atomic E-state index is 6.44. The molecule has 0 aromatic heterocycles. The Balaban J connectivity index is 1.63. The van der Waals surface area contributed by atoms with E-state index >= 15 is 0 Å². The van der Waals surface area contributed by atoms with Gasteiger partial charge in [-0.3, -0.25) is 0 Å². The molecular formula is C21H24N2O3. The van der Waals surface area contributed by atoms with E-state index in [0.29, 0.717) is 6.61 Å². The lowest BCUT2D eigenvalue weighted by Gasteiger charge is -2.27. The van der Waals surface area contributed by atoms with E-state index < -0.39 is 0 Å². The smallest absolute Gasteiger partial charge is 0.143 e. The van der Waals surface area contributed by atoms with Crippen LogP contribution in [0.2, 0.25) is 0 Å². The number of para-hydroxylation sites is 1. The summed E-state index contributed by atoms with van der Waals surface area (Å²) in [5.74, 6) is 1.93. The second kappa shape index (κ2) is 6.65. The lowest BCUT2D eigenvalue weighted by atomic mass is 9.95. The van der Waals surface area contributed by atoms with E-state index in [0.717, 1.165) is 41.3 Å². The Morgan fingerprint density at radius 3 is 2.65 bits per heavy atom. The normalized spacial score (nSPS) is 24.6. The number of nitrogens with zero attached hydrogens (tertiary/aromatic N) is 2. The zero-order valence-electron chi connectivity index (χ0n) is 15.4. The Bertz CT molecular complexity index is 816. The number of methoxy groups -OCH3 is 1. The van der Waals surface area contributed by atoms with Crippen LogP contribution in [0.5, 0.6) is 11.5 Å². The Morgan fingerprint density at radius 1 is 1.15 bits per heavy atom. The van der Waals surface area contributed by atoms with Crippen LogP contribution in [0.1, 0.15) is 17.5 Å². The highest BCUT2D eigenvalue weighted by molar-refractivity contribution is 6.08. The minimum absolute atomic E-state index is 0.213. The van der Waals surface area contributed by atoms with Crippen molar-refractivity contribution >= 4 is 5.71 Å². The van der Waals surface area contributed by atoms with Crippen LogP contribution in [0.3, 0.4) is 0 Å². The Kier molecular flexibility index (Phi) is 4.32. The number of benzene rings is 2. The molecule has 2 aromatic rings. The van der Waals surface area contributed by atoms with Gasteiger partial charge in [-0.25, -0.2) is 0 Å². The summed E-state index contributed by atoms with van der Waals surface area (Å²) in [6.45, 7) is 1.41. The van der Waals surface area contributed by atoms with Gasteiger partial charge in [-0.2, -0.15) is 0 Å². The van der Waals surface area contributed by atoms with Crippen LogP contribution in [0.25, 0.3) is 0 Å². The largest absolute Gasteiger partial charge is 0.497 e. The van der Waals surface area contributed by atoms with Crippen LogP contribution in [0.15, 0.2) is 53.7 Å². The summed E-state index contributed by atoms with van der Waals surface area (Å²) in [5.41, 5.74) is 2.83. The zero-order valence-corrected chi connectivity index (χ0v) is 15.4. The molecular weight excluding hydrogens is 328 g/mol. The van der Waals surface area contributed by atoms with Crippen LogP contribution in [-0.2, 0) is 10.4 Å². The first-order valence-electron chi connectivity index (χ1n) is 8.91. The maximum Gasteiger partial charge on any atom is 0.143 e. The quantitative estimate of drug-likeness (QED) is 0.591. The van der Waals surface area contributed by atoms with E-state index in [1.54, 1.807) is 7.11 Å². The van der Waals surface area contributed by atoms with Crippen molar-refractivity contribution < 1.29 is 14.3 Å². The van der Waals surface area contributed by atoms with Gasteiger partial charge in [-0.05, 0) is 43.9 Å². The molecule has 2 aromatic carbocycles. The summed E-state index contributed by atoms with van der Waals surface area (Å²) in [6.07, 6.45) is 0.907. The lowest BCUT2D eigenvalue weighted by Crippen LogP contribution is -2.28. The predicted molar refractivity (Wildman–Crippen MR) is 101 cm³/mol. The molecule has 0 spiro atoms. The minimum atomic E-state index is -0.343. The van der Waals surface area contributed by atoms with Crippen molar-refractivity contribution in [3.8, 4) is 11.5 Å². The SMILES string of the molecule is COc1ccc(C23CC2C(=NOCCN(C)C)c2ccccc2O3)cc1. The Hall–Kier alpha value is -2.53. The molecule has 136 valence electrons. The molecule has 1 aliphatic carbocycles. The van der Waals surface area contributed by atoms with Crippen molar-refractivity contribution in [1.82, 2.24) is 4.90 Å². The molecule has 0 bridgehead atoms. The molecule has 4 rings (SSSR count). The number of likely N-dealkylation sites (N-methyl/N-ethyl adjacent to an activating group) is 1. The molecule has 0 N–H and O–H groups in total. The number of ether oxygens (including phenoxy) is 2. The molecule has 5 nitrogen and oxygen atoms in total. The predicted octanol–water partition coefficient (Wildman–Crippen LogP) is 3.29. The molecule has 1 aliphatic heterocycles. The highest BCUT2D eigenvalue weighted by Gasteiger charge is 2.64. The van der Waals surface area contributed by atoms with E-state index in [4.69, 9.17) is 14.3 Å². The average Bonchev–Trinajstić information content (AvgIpc) is 3.39.